The number of nitro groups is 1. The van der Waals surface area contributed by atoms with Crippen LogP contribution >= 0.6 is 11.6 Å². The van der Waals surface area contributed by atoms with Crippen molar-refractivity contribution >= 4 is 33.2 Å². The Labute approximate surface area is 176 Å². The minimum Gasteiger partial charge on any atom is -0.356 e. The van der Waals surface area contributed by atoms with Crippen molar-refractivity contribution in [2.45, 2.75) is 50.8 Å². The van der Waals surface area contributed by atoms with Crippen LogP contribution in [0.4, 0.5) is 5.69 Å². The number of piperidine rings is 1. The van der Waals surface area contributed by atoms with E-state index < -0.39 is 14.9 Å². The minimum absolute atomic E-state index is 0.0371. The van der Waals surface area contributed by atoms with Gasteiger partial charge in [-0.25, -0.2) is 8.42 Å². The number of benzene rings is 1. The van der Waals surface area contributed by atoms with E-state index in [1.807, 2.05) is 0 Å². The highest BCUT2D eigenvalue weighted by atomic mass is 35.5. The number of nitrogens with one attached hydrogen (secondary N) is 1. The summed E-state index contributed by atoms with van der Waals surface area (Å²) in [6, 6.07) is 3.36. The van der Waals surface area contributed by atoms with Gasteiger partial charge in [0.15, 0.2) is 0 Å². The molecule has 1 unspecified atom stereocenters. The zero-order valence-corrected chi connectivity index (χ0v) is 18.3. The third kappa shape index (κ3) is 5.90. The Morgan fingerprint density at radius 1 is 1.34 bits per heavy atom. The zero-order valence-electron chi connectivity index (χ0n) is 16.8. The van der Waals surface area contributed by atoms with Crippen molar-refractivity contribution in [3.63, 3.8) is 0 Å². The van der Waals surface area contributed by atoms with Gasteiger partial charge in [0, 0.05) is 37.7 Å². The number of carbonyl (C=O) groups is 1. The van der Waals surface area contributed by atoms with Gasteiger partial charge in [-0.3, -0.25) is 14.9 Å². The van der Waals surface area contributed by atoms with Crippen molar-refractivity contribution in [2.24, 2.45) is 11.8 Å². The predicted octanol–water partition coefficient (Wildman–Crippen LogP) is 3.59. The maximum Gasteiger partial charge on any atom is 0.270 e. The molecule has 10 heteroatoms. The molecule has 1 aliphatic heterocycles. The number of halogens is 1. The van der Waals surface area contributed by atoms with Crippen molar-refractivity contribution in [2.75, 3.05) is 19.6 Å². The van der Waals surface area contributed by atoms with Gasteiger partial charge < -0.3 is 5.32 Å². The summed E-state index contributed by atoms with van der Waals surface area (Å²) >= 11 is 6.00. The van der Waals surface area contributed by atoms with Crippen LogP contribution in [0.1, 0.15) is 46.0 Å². The smallest absolute Gasteiger partial charge is 0.270 e. The van der Waals surface area contributed by atoms with Crippen LogP contribution in [-0.4, -0.2) is 43.2 Å². The molecule has 1 aromatic carbocycles. The number of nitrogens with zero attached hydrogens (tertiary/aromatic N) is 2. The van der Waals surface area contributed by atoms with Crippen molar-refractivity contribution in [3.8, 4) is 0 Å². The third-order valence-corrected chi connectivity index (χ3v) is 7.79. The summed E-state index contributed by atoms with van der Waals surface area (Å²) in [5, 5.41) is 13.9. The second kappa shape index (κ2) is 10.4. The Bertz CT molecular complexity index is 838. The van der Waals surface area contributed by atoms with E-state index in [1.54, 1.807) is 0 Å². The Morgan fingerprint density at radius 3 is 2.55 bits per heavy atom. The average Bonchev–Trinajstić information content (AvgIpc) is 2.70. The molecule has 0 bridgehead atoms. The molecule has 1 heterocycles. The summed E-state index contributed by atoms with van der Waals surface area (Å²) in [7, 11) is -3.97. The van der Waals surface area contributed by atoms with E-state index in [0.29, 0.717) is 25.3 Å². The number of amides is 1. The number of sulfonamides is 1. The molecular weight excluding hydrogens is 418 g/mol. The lowest BCUT2D eigenvalue weighted by atomic mass is 9.96. The molecule has 0 spiro atoms. The summed E-state index contributed by atoms with van der Waals surface area (Å²) in [6.45, 7) is 5.21. The first kappa shape index (κ1) is 23.6. The normalized spacial score (nSPS) is 17.1. The number of non-ortho nitro benzene ring substituents is 1. The highest BCUT2D eigenvalue weighted by Gasteiger charge is 2.34. The molecule has 29 heavy (non-hydrogen) atoms. The molecule has 1 aromatic rings. The first-order chi connectivity index (χ1) is 13.7. The van der Waals surface area contributed by atoms with Crippen LogP contribution < -0.4 is 5.32 Å². The highest BCUT2D eigenvalue weighted by molar-refractivity contribution is 7.89. The second-order valence-electron chi connectivity index (χ2n) is 7.36. The molecule has 0 aliphatic carbocycles. The SMILES string of the molecule is CCCC(CC)CNC(=O)C1CCN(S(=O)(=O)c2cc([N+](=O)[O-])ccc2Cl)CC1. The van der Waals surface area contributed by atoms with Crippen LogP contribution in [0.15, 0.2) is 23.1 Å². The fraction of sp³-hybridized carbons (Fsp3) is 0.632. The van der Waals surface area contributed by atoms with E-state index in [2.05, 4.69) is 19.2 Å². The van der Waals surface area contributed by atoms with Gasteiger partial charge in [-0.05, 0) is 31.2 Å². The van der Waals surface area contributed by atoms with Crippen molar-refractivity contribution in [3.05, 3.63) is 33.3 Å². The molecule has 1 amide bonds. The van der Waals surface area contributed by atoms with Crippen molar-refractivity contribution in [1.29, 1.82) is 0 Å². The quantitative estimate of drug-likeness (QED) is 0.461. The lowest BCUT2D eigenvalue weighted by Gasteiger charge is -2.31. The van der Waals surface area contributed by atoms with Gasteiger partial charge >= 0.3 is 0 Å². The Hall–Kier alpha value is -1.71. The maximum absolute atomic E-state index is 12.9. The van der Waals surface area contributed by atoms with Crippen molar-refractivity contribution in [1.82, 2.24) is 9.62 Å². The topological polar surface area (TPSA) is 110 Å². The van der Waals surface area contributed by atoms with Gasteiger partial charge in [0.1, 0.15) is 4.90 Å². The fourth-order valence-electron chi connectivity index (χ4n) is 3.55. The molecule has 1 aliphatic rings. The molecule has 0 radical (unpaired) electrons. The van der Waals surface area contributed by atoms with Crippen LogP contribution in [0.25, 0.3) is 0 Å². The van der Waals surface area contributed by atoms with Gasteiger partial charge in [-0.15, -0.1) is 0 Å². The monoisotopic (exact) mass is 445 g/mol. The van der Waals surface area contributed by atoms with E-state index in [9.17, 15) is 23.3 Å². The van der Waals surface area contributed by atoms with Gasteiger partial charge in [0.25, 0.3) is 5.69 Å². The molecule has 0 aromatic heterocycles. The third-order valence-electron chi connectivity index (χ3n) is 5.41. The highest BCUT2D eigenvalue weighted by Crippen LogP contribution is 2.31. The largest absolute Gasteiger partial charge is 0.356 e. The van der Waals surface area contributed by atoms with Crippen LogP contribution in [0.3, 0.4) is 0 Å². The standard InChI is InChI=1S/C19H28ClN3O5S/c1-3-5-14(4-2)13-21-19(24)15-8-10-22(11-9-15)29(27,28)18-12-16(23(25)26)6-7-17(18)20/h6-7,12,14-15H,3-5,8-11,13H2,1-2H3,(H,21,24). The number of hydrogen-bond donors (Lipinski definition) is 1. The van der Waals surface area contributed by atoms with Crippen molar-refractivity contribution < 1.29 is 18.1 Å². The van der Waals surface area contributed by atoms with Crippen LogP contribution in [0.2, 0.25) is 5.02 Å². The minimum atomic E-state index is -3.97. The lowest BCUT2D eigenvalue weighted by molar-refractivity contribution is -0.385. The number of nitro benzene ring substituents is 1. The van der Waals surface area contributed by atoms with E-state index >= 15 is 0 Å². The summed E-state index contributed by atoms with van der Waals surface area (Å²) in [5.74, 6) is 0.187. The first-order valence-corrected chi connectivity index (χ1v) is 11.7. The lowest BCUT2D eigenvalue weighted by Crippen LogP contribution is -2.43. The van der Waals surface area contributed by atoms with Crippen LogP contribution in [-0.2, 0) is 14.8 Å². The van der Waals surface area contributed by atoms with E-state index in [-0.39, 0.29) is 40.5 Å². The molecule has 1 saturated heterocycles. The predicted molar refractivity (Wildman–Crippen MR) is 111 cm³/mol. The first-order valence-electron chi connectivity index (χ1n) is 9.92. The molecule has 1 atom stereocenters. The number of hydrogen-bond acceptors (Lipinski definition) is 5. The van der Waals surface area contributed by atoms with Crippen LogP contribution in [0.5, 0.6) is 0 Å². The average molecular weight is 446 g/mol. The Kier molecular flexibility index (Phi) is 8.42. The van der Waals surface area contributed by atoms with E-state index in [0.717, 1.165) is 25.3 Å². The zero-order chi connectivity index (χ0) is 21.6. The molecule has 1 N–H and O–H groups in total. The molecule has 0 saturated carbocycles. The molecule has 162 valence electrons. The van der Waals surface area contributed by atoms with E-state index in [4.69, 9.17) is 11.6 Å². The summed E-state index contributed by atoms with van der Waals surface area (Å²) in [5.41, 5.74) is -0.334. The molecular formula is C19H28ClN3O5S. The summed E-state index contributed by atoms with van der Waals surface area (Å²) in [4.78, 5) is 22.5. The molecule has 2 rings (SSSR count). The molecule has 1 fully saturated rings. The second-order valence-corrected chi connectivity index (χ2v) is 9.67. The molecule has 8 nitrogen and oxygen atoms in total. The number of carbonyl (C=O) groups excluding carboxylic acids is 1. The van der Waals surface area contributed by atoms with Gasteiger partial charge in [0.05, 0.1) is 9.95 Å². The van der Waals surface area contributed by atoms with Gasteiger partial charge in [-0.2, -0.15) is 4.31 Å². The fourth-order valence-corrected chi connectivity index (χ4v) is 5.51. The van der Waals surface area contributed by atoms with Gasteiger partial charge in [0.2, 0.25) is 15.9 Å². The van der Waals surface area contributed by atoms with E-state index in [1.165, 1.54) is 16.4 Å². The van der Waals surface area contributed by atoms with Gasteiger partial charge in [-0.1, -0.05) is 38.3 Å². The summed E-state index contributed by atoms with van der Waals surface area (Å²) < 4.78 is 27.1. The Balaban J connectivity index is 2.00. The number of rotatable bonds is 9. The maximum atomic E-state index is 12.9. The van der Waals surface area contributed by atoms with Crippen LogP contribution in [0, 0.1) is 22.0 Å². The Morgan fingerprint density at radius 2 is 2.00 bits per heavy atom. The summed E-state index contributed by atoms with van der Waals surface area (Å²) in [6.07, 6.45) is 3.96.